The number of carbonyl (C=O) groups excluding carboxylic acids is 1. The lowest BCUT2D eigenvalue weighted by atomic mass is 10.0. The molecule has 1 amide bonds. The van der Waals surface area contributed by atoms with Crippen molar-refractivity contribution in [3.8, 4) is 0 Å². The van der Waals surface area contributed by atoms with E-state index in [0.29, 0.717) is 6.54 Å². The molecule has 5 heteroatoms. The molecule has 1 saturated heterocycles. The largest absolute Gasteiger partial charge is 0.331 e. The lowest BCUT2D eigenvalue weighted by Gasteiger charge is -2.16. The van der Waals surface area contributed by atoms with Gasteiger partial charge in [-0.2, -0.15) is 0 Å². The van der Waals surface area contributed by atoms with Crippen molar-refractivity contribution >= 4 is 15.7 Å². The SMILES string of the molecule is Cc1ccc(S(=O)(=O)[C@H]2C(=O)N3CC=C[C@H]3[C@@H]2C)cc1. The number of fused-ring (bicyclic) bond motifs is 1. The normalized spacial score (nSPS) is 29.0. The number of carbonyl (C=O) groups is 1. The van der Waals surface area contributed by atoms with Gasteiger partial charge in [-0.15, -0.1) is 0 Å². The van der Waals surface area contributed by atoms with Crippen molar-refractivity contribution in [3.05, 3.63) is 42.0 Å². The lowest BCUT2D eigenvalue weighted by molar-refractivity contribution is -0.127. The molecule has 2 aliphatic rings. The highest BCUT2D eigenvalue weighted by Crippen LogP contribution is 2.36. The molecule has 0 radical (unpaired) electrons. The number of rotatable bonds is 2. The van der Waals surface area contributed by atoms with Gasteiger partial charge < -0.3 is 4.90 Å². The van der Waals surface area contributed by atoms with Crippen molar-refractivity contribution in [3.63, 3.8) is 0 Å². The second kappa shape index (κ2) is 4.45. The van der Waals surface area contributed by atoms with Crippen LogP contribution in [-0.2, 0) is 14.6 Å². The van der Waals surface area contributed by atoms with E-state index in [0.717, 1.165) is 5.56 Å². The number of nitrogens with zero attached hydrogens (tertiary/aromatic N) is 1. The Bertz CT molecular complexity index is 676. The van der Waals surface area contributed by atoms with Crippen molar-refractivity contribution in [2.75, 3.05) is 6.54 Å². The Balaban J connectivity index is 2.01. The molecule has 20 heavy (non-hydrogen) atoms. The van der Waals surface area contributed by atoms with Gasteiger partial charge in [-0.1, -0.05) is 36.8 Å². The predicted molar refractivity (Wildman–Crippen MR) is 76.0 cm³/mol. The molecule has 1 aromatic carbocycles. The summed E-state index contributed by atoms with van der Waals surface area (Å²) in [6, 6.07) is 6.62. The molecule has 0 unspecified atom stereocenters. The van der Waals surface area contributed by atoms with E-state index in [2.05, 4.69) is 0 Å². The van der Waals surface area contributed by atoms with Crippen LogP contribution in [0.4, 0.5) is 0 Å². The molecule has 1 aromatic rings. The molecule has 0 bridgehead atoms. The van der Waals surface area contributed by atoms with Crippen molar-refractivity contribution in [2.24, 2.45) is 5.92 Å². The summed E-state index contributed by atoms with van der Waals surface area (Å²) >= 11 is 0. The molecule has 3 rings (SSSR count). The molecule has 0 N–H and O–H groups in total. The Morgan fingerprint density at radius 1 is 1.20 bits per heavy atom. The zero-order valence-corrected chi connectivity index (χ0v) is 12.3. The highest BCUT2D eigenvalue weighted by molar-refractivity contribution is 7.92. The monoisotopic (exact) mass is 291 g/mol. The van der Waals surface area contributed by atoms with Gasteiger partial charge in [0.1, 0.15) is 5.25 Å². The number of aryl methyl sites for hydroxylation is 1. The summed E-state index contributed by atoms with van der Waals surface area (Å²) < 4.78 is 25.5. The van der Waals surface area contributed by atoms with Gasteiger partial charge in [0.25, 0.3) is 0 Å². The van der Waals surface area contributed by atoms with E-state index in [1.165, 1.54) is 0 Å². The van der Waals surface area contributed by atoms with E-state index >= 15 is 0 Å². The van der Waals surface area contributed by atoms with E-state index in [1.807, 2.05) is 26.0 Å². The van der Waals surface area contributed by atoms with Crippen LogP contribution in [0.1, 0.15) is 12.5 Å². The van der Waals surface area contributed by atoms with Crippen LogP contribution in [0.25, 0.3) is 0 Å². The Kier molecular flexibility index (Phi) is 2.97. The van der Waals surface area contributed by atoms with Gasteiger partial charge in [0.2, 0.25) is 5.91 Å². The Morgan fingerprint density at radius 2 is 1.85 bits per heavy atom. The molecule has 0 saturated carbocycles. The minimum absolute atomic E-state index is 0.0762. The predicted octanol–water partition coefficient (Wildman–Crippen LogP) is 1.55. The molecule has 0 aromatic heterocycles. The van der Waals surface area contributed by atoms with Crippen molar-refractivity contribution in [2.45, 2.75) is 30.0 Å². The first-order chi connectivity index (χ1) is 9.43. The summed E-state index contributed by atoms with van der Waals surface area (Å²) in [5.41, 5.74) is 0.998. The van der Waals surface area contributed by atoms with Gasteiger partial charge in [0, 0.05) is 12.5 Å². The highest BCUT2D eigenvalue weighted by Gasteiger charge is 2.52. The Hall–Kier alpha value is -1.62. The van der Waals surface area contributed by atoms with Gasteiger partial charge in [0.05, 0.1) is 10.9 Å². The quantitative estimate of drug-likeness (QED) is 0.777. The maximum absolute atomic E-state index is 12.7. The van der Waals surface area contributed by atoms with E-state index in [4.69, 9.17) is 0 Å². The van der Waals surface area contributed by atoms with Gasteiger partial charge in [-0.05, 0) is 19.1 Å². The number of amides is 1. The Morgan fingerprint density at radius 3 is 2.45 bits per heavy atom. The third-order valence-electron chi connectivity index (χ3n) is 4.22. The number of hydrogen-bond acceptors (Lipinski definition) is 3. The summed E-state index contributed by atoms with van der Waals surface area (Å²) in [6.07, 6.45) is 3.86. The van der Waals surface area contributed by atoms with Crippen LogP contribution in [0.15, 0.2) is 41.3 Å². The van der Waals surface area contributed by atoms with Crippen LogP contribution in [0, 0.1) is 12.8 Å². The summed E-state index contributed by atoms with van der Waals surface area (Å²) in [6.45, 7) is 4.27. The first kappa shape index (κ1) is 13.4. The average Bonchev–Trinajstić information content (AvgIpc) is 2.95. The van der Waals surface area contributed by atoms with E-state index in [9.17, 15) is 13.2 Å². The fourth-order valence-electron chi connectivity index (χ4n) is 3.09. The van der Waals surface area contributed by atoms with Gasteiger partial charge >= 0.3 is 0 Å². The fourth-order valence-corrected chi connectivity index (χ4v) is 5.03. The highest BCUT2D eigenvalue weighted by atomic mass is 32.2. The van der Waals surface area contributed by atoms with Crippen molar-refractivity contribution in [1.29, 1.82) is 0 Å². The molecule has 2 aliphatic heterocycles. The van der Waals surface area contributed by atoms with E-state index in [1.54, 1.807) is 29.2 Å². The van der Waals surface area contributed by atoms with E-state index < -0.39 is 15.1 Å². The van der Waals surface area contributed by atoms with Gasteiger partial charge in [-0.25, -0.2) is 8.42 Å². The summed E-state index contributed by atoms with van der Waals surface area (Å²) in [7, 11) is -3.62. The van der Waals surface area contributed by atoms with Crippen LogP contribution in [0.2, 0.25) is 0 Å². The zero-order chi connectivity index (χ0) is 14.5. The smallest absolute Gasteiger partial charge is 0.242 e. The molecule has 0 spiro atoms. The third kappa shape index (κ3) is 1.80. The first-order valence-corrected chi connectivity index (χ1v) is 8.25. The van der Waals surface area contributed by atoms with Crippen molar-refractivity contribution in [1.82, 2.24) is 4.90 Å². The topological polar surface area (TPSA) is 54.5 Å². The zero-order valence-electron chi connectivity index (χ0n) is 11.5. The second-order valence-electron chi connectivity index (χ2n) is 5.55. The van der Waals surface area contributed by atoms with Crippen LogP contribution in [0.3, 0.4) is 0 Å². The first-order valence-electron chi connectivity index (χ1n) is 6.70. The van der Waals surface area contributed by atoms with Crippen LogP contribution < -0.4 is 0 Å². The fraction of sp³-hybridized carbons (Fsp3) is 0.400. The third-order valence-corrected chi connectivity index (χ3v) is 6.45. The molecule has 106 valence electrons. The molecule has 1 fully saturated rings. The van der Waals surface area contributed by atoms with Gasteiger partial charge in [-0.3, -0.25) is 4.79 Å². The number of hydrogen-bond donors (Lipinski definition) is 0. The molecular weight excluding hydrogens is 274 g/mol. The van der Waals surface area contributed by atoms with Gasteiger partial charge in [0.15, 0.2) is 9.84 Å². The van der Waals surface area contributed by atoms with Crippen LogP contribution >= 0.6 is 0 Å². The summed E-state index contributed by atoms with van der Waals surface area (Å²) in [5, 5.41) is -0.958. The lowest BCUT2D eigenvalue weighted by Crippen LogP contribution is -2.35. The molecular formula is C15H17NO3S. The van der Waals surface area contributed by atoms with E-state index in [-0.39, 0.29) is 22.8 Å². The second-order valence-corrected chi connectivity index (χ2v) is 7.62. The molecule has 3 atom stereocenters. The van der Waals surface area contributed by atoms with Crippen molar-refractivity contribution < 1.29 is 13.2 Å². The maximum Gasteiger partial charge on any atom is 0.242 e. The van der Waals surface area contributed by atoms with Crippen LogP contribution in [0.5, 0.6) is 0 Å². The average molecular weight is 291 g/mol. The van der Waals surface area contributed by atoms with Crippen LogP contribution in [-0.4, -0.2) is 37.1 Å². The maximum atomic E-state index is 12.7. The Labute approximate surface area is 119 Å². The summed E-state index contributed by atoms with van der Waals surface area (Å²) in [5.74, 6) is -0.486. The molecule has 0 aliphatic carbocycles. The molecule has 4 nitrogen and oxygen atoms in total. The minimum atomic E-state index is -3.62. The summed E-state index contributed by atoms with van der Waals surface area (Å²) in [4.78, 5) is 14.3. The number of sulfone groups is 1. The number of benzene rings is 1. The standard InChI is InChI=1S/C15H17NO3S/c1-10-5-7-12(8-6-10)20(18,19)14-11(2)13-4-3-9-16(13)15(14)17/h3-8,11,13-14H,9H2,1-2H3/t11-,13-,14+/m0/s1. The molecule has 2 heterocycles. The minimum Gasteiger partial charge on any atom is -0.331 e.